The molecule has 0 aromatic heterocycles. The Morgan fingerprint density at radius 2 is 1.71 bits per heavy atom. The molecule has 1 aromatic carbocycles. The van der Waals surface area contributed by atoms with E-state index in [2.05, 4.69) is 32.1 Å². The normalized spacial score (nSPS) is 32.9. The molecule has 0 spiro atoms. The van der Waals surface area contributed by atoms with Gasteiger partial charge in [0.25, 0.3) is 0 Å². The van der Waals surface area contributed by atoms with Gasteiger partial charge < -0.3 is 9.47 Å². The summed E-state index contributed by atoms with van der Waals surface area (Å²) in [6.45, 7) is 7.82. The largest absolute Gasteiger partial charge is 0.448 e. The van der Waals surface area contributed by atoms with Gasteiger partial charge in [0.1, 0.15) is 6.10 Å². The monoisotopic (exact) mass is 376 g/mol. The first-order valence-corrected chi connectivity index (χ1v) is 9.55. The van der Waals surface area contributed by atoms with E-state index in [1.807, 2.05) is 31.2 Å². The molecule has 1 N–H and O–H groups in total. The Morgan fingerprint density at radius 3 is 2.18 bits per heavy atom. The van der Waals surface area contributed by atoms with Crippen LogP contribution in [0.1, 0.15) is 63.7 Å². The van der Waals surface area contributed by atoms with Crippen molar-refractivity contribution in [1.82, 2.24) is 0 Å². The molecule has 144 valence electrons. The summed E-state index contributed by atoms with van der Waals surface area (Å²) in [5, 5.41) is 39.0. The zero-order chi connectivity index (χ0) is 20.7. The Morgan fingerprint density at radius 1 is 1.11 bits per heavy atom. The molecule has 28 heavy (non-hydrogen) atoms. The Balaban J connectivity index is 2.24. The Bertz CT molecular complexity index is 904. The number of rotatable bonds is 4. The number of hydrogen-bond donors (Lipinski definition) is 1. The summed E-state index contributed by atoms with van der Waals surface area (Å²) in [6.07, 6.45) is 0.227. The molecule has 2 heterocycles. The lowest BCUT2D eigenvalue weighted by atomic mass is 9.53. The van der Waals surface area contributed by atoms with Gasteiger partial charge in [-0.05, 0) is 23.5 Å². The summed E-state index contributed by atoms with van der Waals surface area (Å²) >= 11 is 0. The average Bonchev–Trinajstić information content (AvgIpc) is 2.85. The minimum atomic E-state index is -1.88. The predicted octanol–water partition coefficient (Wildman–Crippen LogP) is 4.56. The lowest BCUT2D eigenvalue weighted by Crippen LogP contribution is -2.58. The van der Waals surface area contributed by atoms with E-state index in [-0.39, 0.29) is 5.90 Å². The highest BCUT2D eigenvalue weighted by Gasteiger charge is 2.78. The van der Waals surface area contributed by atoms with Gasteiger partial charge in [0, 0.05) is 6.92 Å². The second-order valence-corrected chi connectivity index (χ2v) is 8.06. The fraction of sp³-hybridized carbons (Fsp3) is 0.545. The summed E-state index contributed by atoms with van der Waals surface area (Å²) in [4.78, 5) is 0. The summed E-state index contributed by atoms with van der Waals surface area (Å²) in [5.41, 5.74) is -1.81. The average molecular weight is 376 g/mol. The first kappa shape index (κ1) is 19.9. The SMILES string of the molecule is CCCC1C2(C)OC(=N)C1(C#N)C(C#N)(C#N)C(c1ccc(C(C)C)cc1)O2. The second-order valence-electron chi connectivity index (χ2n) is 8.06. The van der Waals surface area contributed by atoms with Gasteiger partial charge in [-0.3, -0.25) is 5.41 Å². The number of hydrogen-bond acceptors (Lipinski definition) is 6. The number of ether oxygens (including phenoxy) is 2. The van der Waals surface area contributed by atoms with E-state index >= 15 is 0 Å². The van der Waals surface area contributed by atoms with E-state index in [0.29, 0.717) is 24.3 Å². The number of nitrogens with one attached hydrogen (secondary N) is 1. The standard InChI is InChI=1S/C22H24N4O2/c1-5-6-17-20(4)27-18(16-9-7-15(8-10-16)14(2)3)21(11-23,12-24)22(17,13-25)19(26)28-20/h7-10,14,17-18,26H,5-6H2,1-4H3. The maximum atomic E-state index is 10.2. The van der Waals surface area contributed by atoms with E-state index in [0.717, 1.165) is 5.56 Å². The van der Waals surface area contributed by atoms with Gasteiger partial charge in [-0.1, -0.05) is 51.5 Å². The van der Waals surface area contributed by atoms with Gasteiger partial charge in [-0.2, -0.15) is 15.8 Å². The van der Waals surface area contributed by atoms with Crippen molar-refractivity contribution in [1.29, 1.82) is 21.2 Å². The van der Waals surface area contributed by atoms with Crippen LogP contribution in [0.4, 0.5) is 0 Å². The number of fused-ring (bicyclic) bond motifs is 2. The maximum Gasteiger partial charge on any atom is 0.214 e. The van der Waals surface area contributed by atoms with Crippen molar-refractivity contribution in [3.8, 4) is 18.2 Å². The van der Waals surface area contributed by atoms with Crippen LogP contribution in [0, 0.1) is 56.2 Å². The molecule has 2 fully saturated rings. The highest BCUT2D eigenvalue weighted by molar-refractivity contribution is 5.89. The summed E-state index contributed by atoms with van der Waals surface area (Å²) in [5.74, 6) is -1.82. The molecule has 0 saturated carbocycles. The van der Waals surface area contributed by atoms with Gasteiger partial charge in [0.15, 0.2) is 5.41 Å². The molecule has 6 nitrogen and oxygen atoms in total. The topological polar surface area (TPSA) is 114 Å². The first-order chi connectivity index (χ1) is 13.3. The van der Waals surface area contributed by atoms with Crippen molar-refractivity contribution in [3.63, 3.8) is 0 Å². The van der Waals surface area contributed by atoms with Crippen LogP contribution in [-0.2, 0) is 9.47 Å². The van der Waals surface area contributed by atoms with Gasteiger partial charge in [-0.25, -0.2) is 0 Å². The van der Waals surface area contributed by atoms with Crippen LogP contribution < -0.4 is 0 Å². The maximum absolute atomic E-state index is 10.2. The van der Waals surface area contributed by atoms with Crippen LogP contribution in [0.25, 0.3) is 0 Å². The number of nitriles is 3. The number of nitrogens with zero attached hydrogens (tertiary/aromatic N) is 3. The molecule has 6 heteroatoms. The van der Waals surface area contributed by atoms with Crippen LogP contribution in [0.5, 0.6) is 0 Å². The molecular weight excluding hydrogens is 352 g/mol. The molecule has 1 aromatic rings. The van der Waals surface area contributed by atoms with E-state index in [9.17, 15) is 15.8 Å². The lowest BCUT2D eigenvalue weighted by molar-refractivity contribution is -0.273. The predicted molar refractivity (Wildman–Crippen MR) is 102 cm³/mol. The summed E-state index contributed by atoms with van der Waals surface area (Å²) in [7, 11) is 0. The highest BCUT2D eigenvalue weighted by Crippen LogP contribution is 2.67. The molecule has 3 rings (SSSR count). The molecule has 2 aliphatic heterocycles. The summed E-state index contributed by atoms with van der Waals surface area (Å²) < 4.78 is 12.0. The molecule has 2 aliphatic rings. The van der Waals surface area contributed by atoms with E-state index in [1.54, 1.807) is 6.92 Å². The zero-order valence-corrected chi connectivity index (χ0v) is 16.6. The molecule has 4 atom stereocenters. The first-order valence-electron chi connectivity index (χ1n) is 9.55. The van der Waals surface area contributed by atoms with Crippen molar-refractivity contribution in [2.75, 3.05) is 0 Å². The van der Waals surface area contributed by atoms with Crippen LogP contribution in [0.2, 0.25) is 0 Å². The van der Waals surface area contributed by atoms with Gasteiger partial charge in [0.05, 0.1) is 24.1 Å². The molecular formula is C22H24N4O2. The van der Waals surface area contributed by atoms with Gasteiger partial charge in [-0.15, -0.1) is 0 Å². The third-order valence-corrected chi connectivity index (χ3v) is 6.20. The Kier molecular flexibility index (Phi) is 4.70. The van der Waals surface area contributed by atoms with Crippen molar-refractivity contribution in [2.45, 2.75) is 58.3 Å². The highest BCUT2D eigenvalue weighted by atomic mass is 16.7. The van der Waals surface area contributed by atoms with Gasteiger partial charge >= 0.3 is 0 Å². The van der Waals surface area contributed by atoms with E-state index < -0.39 is 28.6 Å². The fourth-order valence-electron chi connectivity index (χ4n) is 4.67. The van der Waals surface area contributed by atoms with E-state index in [4.69, 9.17) is 14.9 Å². The minimum Gasteiger partial charge on any atom is -0.448 e. The van der Waals surface area contributed by atoms with Crippen molar-refractivity contribution in [2.24, 2.45) is 16.7 Å². The fourth-order valence-corrected chi connectivity index (χ4v) is 4.67. The molecule has 0 radical (unpaired) electrons. The Labute approximate surface area is 165 Å². The molecule has 0 aliphatic carbocycles. The van der Waals surface area contributed by atoms with Crippen molar-refractivity contribution in [3.05, 3.63) is 35.4 Å². The third kappa shape index (κ3) is 2.30. The van der Waals surface area contributed by atoms with Crippen LogP contribution in [0.3, 0.4) is 0 Å². The summed E-state index contributed by atoms with van der Waals surface area (Å²) in [6, 6.07) is 13.9. The van der Waals surface area contributed by atoms with Gasteiger partial charge in [0.2, 0.25) is 17.1 Å². The zero-order valence-electron chi connectivity index (χ0n) is 16.6. The quantitative estimate of drug-likeness (QED) is 0.827. The molecule has 4 unspecified atom stereocenters. The lowest BCUT2D eigenvalue weighted by Gasteiger charge is -2.48. The van der Waals surface area contributed by atoms with Crippen LogP contribution >= 0.6 is 0 Å². The Hall–Kier alpha value is -2.88. The van der Waals surface area contributed by atoms with Crippen LogP contribution in [0.15, 0.2) is 24.3 Å². The number of benzene rings is 1. The minimum absolute atomic E-state index is 0.336. The molecule has 0 amide bonds. The van der Waals surface area contributed by atoms with Crippen molar-refractivity contribution < 1.29 is 9.47 Å². The van der Waals surface area contributed by atoms with Crippen LogP contribution in [-0.4, -0.2) is 11.7 Å². The third-order valence-electron chi connectivity index (χ3n) is 6.20. The smallest absolute Gasteiger partial charge is 0.214 e. The second kappa shape index (κ2) is 6.62. The van der Waals surface area contributed by atoms with Crippen molar-refractivity contribution >= 4 is 5.90 Å². The molecule has 2 saturated heterocycles. The van der Waals surface area contributed by atoms with E-state index in [1.165, 1.54) is 0 Å². The molecule has 2 bridgehead atoms.